The summed E-state index contributed by atoms with van der Waals surface area (Å²) in [4.78, 5) is 28.1. The van der Waals surface area contributed by atoms with Crippen molar-refractivity contribution in [2.75, 3.05) is 7.11 Å². The molecule has 2 heterocycles. The van der Waals surface area contributed by atoms with Gasteiger partial charge < -0.3 is 20.2 Å². The van der Waals surface area contributed by atoms with Crippen LogP contribution in [-0.2, 0) is 14.3 Å². The number of esters is 1. The molecule has 0 bridgehead atoms. The topological polar surface area (TPSA) is 118 Å². The predicted molar refractivity (Wildman–Crippen MR) is 99.4 cm³/mol. The first-order chi connectivity index (χ1) is 12.8. The number of ether oxygens (including phenoxy) is 2. The van der Waals surface area contributed by atoms with E-state index in [1.165, 1.54) is 7.11 Å². The zero-order valence-corrected chi connectivity index (χ0v) is 15.5. The molecule has 1 atom stereocenters. The molecule has 0 aliphatic carbocycles. The summed E-state index contributed by atoms with van der Waals surface area (Å²) < 4.78 is 10.2. The largest absolute Gasteiger partial charge is 0.466 e. The van der Waals surface area contributed by atoms with Gasteiger partial charge in [-0.05, 0) is 38.0 Å². The second kappa shape index (κ2) is 6.65. The second-order valence-electron chi connectivity index (χ2n) is 6.43. The van der Waals surface area contributed by atoms with Crippen LogP contribution in [-0.4, -0.2) is 18.1 Å². The zero-order chi connectivity index (χ0) is 19.9. The van der Waals surface area contributed by atoms with E-state index < -0.39 is 17.4 Å². The van der Waals surface area contributed by atoms with Crippen LogP contribution in [0.1, 0.15) is 29.5 Å². The van der Waals surface area contributed by atoms with Gasteiger partial charge in [-0.1, -0.05) is 12.1 Å². The van der Waals surface area contributed by atoms with Gasteiger partial charge in [-0.3, -0.25) is 4.79 Å². The summed E-state index contributed by atoms with van der Waals surface area (Å²) in [6.07, 6.45) is 0. The molecule has 3 rings (SSSR count). The first kappa shape index (κ1) is 18.3. The summed E-state index contributed by atoms with van der Waals surface area (Å²) in [5.41, 5.74) is 8.36. The van der Waals surface area contributed by atoms with Gasteiger partial charge in [0, 0.05) is 10.9 Å². The van der Waals surface area contributed by atoms with Gasteiger partial charge in [-0.25, -0.2) is 4.79 Å². The number of benzene rings is 1. The van der Waals surface area contributed by atoms with Gasteiger partial charge in [0.1, 0.15) is 17.4 Å². The van der Waals surface area contributed by atoms with E-state index in [-0.39, 0.29) is 28.4 Å². The number of nitriles is 1. The third-order valence-electron chi connectivity index (χ3n) is 4.79. The van der Waals surface area contributed by atoms with Gasteiger partial charge in [-0.15, -0.1) is 0 Å². The molecule has 2 aromatic rings. The van der Waals surface area contributed by atoms with Gasteiger partial charge in [-0.2, -0.15) is 5.26 Å². The van der Waals surface area contributed by atoms with Gasteiger partial charge in [0.2, 0.25) is 5.88 Å². The highest BCUT2D eigenvalue weighted by molar-refractivity contribution is 5.93. The number of fused-ring (bicyclic) bond motifs is 1. The van der Waals surface area contributed by atoms with Crippen LogP contribution < -0.4 is 11.3 Å². The lowest BCUT2D eigenvalue weighted by molar-refractivity contribution is -0.136. The average Bonchev–Trinajstić information content (AvgIpc) is 2.63. The van der Waals surface area contributed by atoms with Crippen molar-refractivity contribution < 1.29 is 14.3 Å². The number of H-pyrrole nitrogens is 1. The molecule has 1 aliphatic heterocycles. The van der Waals surface area contributed by atoms with E-state index in [0.29, 0.717) is 5.52 Å². The van der Waals surface area contributed by atoms with Crippen LogP contribution in [0.4, 0.5) is 0 Å². The highest BCUT2D eigenvalue weighted by Crippen LogP contribution is 2.39. The van der Waals surface area contributed by atoms with Gasteiger partial charge in [0.25, 0.3) is 5.56 Å². The molecule has 0 saturated carbocycles. The van der Waals surface area contributed by atoms with Gasteiger partial charge in [0.15, 0.2) is 0 Å². The first-order valence-electron chi connectivity index (χ1n) is 8.30. The number of rotatable bonds is 2. The Balaban J connectivity index is 2.38. The Labute approximate surface area is 155 Å². The van der Waals surface area contributed by atoms with Crippen molar-refractivity contribution in [1.29, 1.82) is 5.26 Å². The number of hydrogen-bond acceptors (Lipinski definition) is 6. The van der Waals surface area contributed by atoms with Crippen LogP contribution in [0.15, 0.2) is 45.8 Å². The number of carbonyl (C=O) groups is 1. The maximum Gasteiger partial charge on any atom is 0.338 e. The first-order valence-corrected chi connectivity index (χ1v) is 8.30. The van der Waals surface area contributed by atoms with E-state index in [2.05, 4.69) is 4.98 Å². The Bertz CT molecular complexity index is 1130. The minimum atomic E-state index is -0.968. The Morgan fingerprint density at radius 3 is 2.59 bits per heavy atom. The smallest absolute Gasteiger partial charge is 0.338 e. The standard InChI is InChI=1S/C20H19N3O4/c1-9-5-6-10(2)17-12(9)7-13(19(24)23-17)16-14(8-21)18(22)27-11(3)15(16)20(25)26-4/h5-7,16H,22H2,1-4H3,(H,23,24). The number of hydrogen-bond donors (Lipinski definition) is 2. The van der Waals surface area contributed by atoms with E-state index >= 15 is 0 Å². The lowest BCUT2D eigenvalue weighted by Crippen LogP contribution is -2.29. The molecule has 1 aliphatic rings. The highest BCUT2D eigenvalue weighted by Gasteiger charge is 2.37. The minimum Gasteiger partial charge on any atom is -0.466 e. The number of nitrogens with one attached hydrogen (secondary N) is 1. The number of nitrogens with zero attached hydrogens (tertiary/aromatic N) is 1. The lowest BCUT2D eigenvalue weighted by atomic mass is 9.83. The quantitative estimate of drug-likeness (QED) is 0.789. The predicted octanol–water partition coefficient (Wildman–Crippen LogP) is 2.40. The Morgan fingerprint density at radius 2 is 1.96 bits per heavy atom. The SMILES string of the molecule is COC(=O)C1=C(C)OC(N)=C(C#N)C1c1cc2c(C)ccc(C)c2[nH]c1=O. The summed E-state index contributed by atoms with van der Waals surface area (Å²) >= 11 is 0. The van der Waals surface area contributed by atoms with Crippen LogP contribution in [0.5, 0.6) is 0 Å². The summed E-state index contributed by atoms with van der Waals surface area (Å²) in [5, 5.41) is 10.4. The van der Waals surface area contributed by atoms with Gasteiger partial charge >= 0.3 is 5.97 Å². The van der Waals surface area contributed by atoms with E-state index in [1.54, 1.807) is 13.0 Å². The van der Waals surface area contributed by atoms with Crippen molar-refractivity contribution in [3.8, 4) is 6.07 Å². The number of aromatic nitrogens is 1. The molecule has 7 nitrogen and oxygen atoms in total. The van der Waals surface area contributed by atoms with Crippen LogP contribution in [0.3, 0.4) is 0 Å². The Kier molecular flexibility index (Phi) is 4.50. The number of allylic oxidation sites excluding steroid dienone is 2. The van der Waals surface area contributed by atoms with Crippen molar-refractivity contribution in [2.24, 2.45) is 5.73 Å². The maximum absolute atomic E-state index is 12.9. The number of methoxy groups -OCH3 is 1. The van der Waals surface area contributed by atoms with Crippen molar-refractivity contribution in [2.45, 2.75) is 26.7 Å². The zero-order valence-electron chi connectivity index (χ0n) is 15.5. The van der Waals surface area contributed by atoms with Crippen LogP contribution in [0.2, 0.25) is 0 Å². The normalized spacial score (nSPS) is 16.9. The fourth-order valence-electron chi connectivity index (χ4n) is 3.37. The van der Waals surface area contributed by atoms with Crippen LogP contribution in [0.25, 0.3) is 10.9 Å². The maximum atomic E-state index is 12.9. The van der Waals surface area contributed by atoms with E-state index in [1.807, 2.05) is 32.0 Å². The second-order valence-corrected chi connectivity index (χ2v) is 6.43. The molecule has 27 heavy (non-hydrogen) atoms. The molecule has 0 spiro atoms. The number of carbonyl (C=O) groups excluding carboxylic acids is 1. The third-order valence-corrected chi connectivity index (χ3v) is 4.79. The summed E-state index contributed by atoms with van der Waals surface area (Å²) in [7, 11) is 1.23. The fraction of sp³-hybridized carbons (Fsp3) is 0.250. The van der Waals surface area contributed by atoms with E-state index in [9.17, 15) is 14.9 Å². The summed E-state index contributed by atoms with van der Waals surface area (Å²) in [6, 6.07) is 7.54. The summed E-state index contributed by atoms with van der Waals surface area (Å²) in [5.74, 6) is -1.58. The van der Waals surface area contributed by atoms with Crippen molar-refractivity contribution in [3.63, 3.8) is 0 Å². The number of pyridine rings is 1. The number of aryl methyl sites for hydroxylation is 2. The van der Waals surface area contributed by atoms with E-state index in [0.717, 1.165) is 16.5 Å². The Morgan fingerprint density at radius 1 is 1.30 bits per heavy atom. The molecular formula is C20H19N3O4. The molecule has 138 valence electrons. The van der Waals surface area contributed by atoms with Crippen LogP contribution in [0, 0.1) is 25.2 Å². The highest BCUT2D eigenvalue weighted by atomic mass is 16.5. The number of nitrogens with two attached hydrogens (primary N) is 1. The van der Waals surface area contributed by atoms with Gasteiger partial charge in [0.05, 0.1) is 24.1 Å². The average molecular weight is 365 g/mol. The van der Waals surface area contributed by atoms with Crippen molar-refractivity contribution >= 4 is 16.9 Å². The molecule has 1 unspecified atom stereocenters. The number of aromatic amines is 1. The minimum absolute atomic E-state index is 0.00356. The molecule has 1 aromatic carbocycles. The third kappa shape index (κ3) is 2.85. The molecular weight excluding hydrogens is 346 g/mol. The molecule has 0 amide bonds. The molecule has 0 fully saturated rings. The van der Waals surface area contributed by atoms with Crippen molar-refractivity contribution in [3.05, 3.63) is 68.0 Å². The monoisotopic (exact) mass is 365 g/mol. The van der Waals surface area contributed by atoms with Crippen molar-refractivity contribution in [1.82, 2.24) is 4.98 Å². The Hall–Kier alpha value is -3.53. The molecule has 0 saturated heterocycles. The lowest BCUT2D eigenvalue weighted by Gasteiger charge is -2.26. The van der Waals surface area contributed by atoms with E-state index in [4.69, 9.17) is 15.2 Å². The summed E-state index contributed by atoms with van der Waals surface area (Å²) in [6.45, 7) is 5.37. The van der Waals surface area contributed by atoms with Crippen LogP contribution >= 0.6 is 0 Å². The molecule has 1 aromatic heterocycles. The molecule has 3 N–H and O–H groups in total. The molecule has 0 radical (unpaired) electrons. The fourth-order valence-corrected chi connectivity index (χ4v) is 3.37. The molecule has 7 heteroatoms.